The van der Waals surface area contributed by atoms with Crippen LogP contribution in [0, 0.1) is 5.92 Å². The number of carbonyl (C=O) groups excluding carboxylic acids is 1. The average molecular weight is 233 g/mol. The van der Waals surface area contributed by atoms with Gasteiger partial charge in [0.15, 0.2) is 6.10 Å². The van der Waals surface area contributed by atoms with Crippen molar-refractivity contribution in [1.82, 2.24) is 5.32 Å². The molecule has 0 saturated carbocycles. The van der Waals surface area contributed by atoms with Crippen LogP contribution in [0.25, 0.3) is 0 Å². The lowest BCUT2D eigenvalue weighted by atomic mass is 9.97. The first-order valence-electron chi connectivity index (χ1n) is 6.13. The van der Waals surface area contributed by atoms with E-state index in [-0.39, 0.29) is 18.1 Å². The predicted octanol–water partition coefficient (Wildman–Crippen LogP) is 2.29. The van der Waals surface area contributed by atoms with Gasteiger partial charge in [-0.3, -0.25) is 4.79 Å². The van der Waals surface area contributed by atoms with Crippen LogP contribution in [0.1, 0.15) is 31.9 Å². The molecule has 1 saturated heterocycles. The maximum absolute atomic E-state index is 11.7. The summed E-state index contributed by atoms with van der Waals surface area (Å²) in [6, 6.07) is 10.2. The van der Waals surface area contributed by atoms with Crippen LogP contribution in [0.3, 0.4) is 0 Å². The van der Waals surface area contributed by atoms with Crippen molar-refractivity contribution in [3.8, 4) is 0 Å². The fraction of sp³-hybridized carbons (Fsp3) is 0.500. The van der Waals surface area contributed by atoms with Crippen LogP contribution < -0.4 is 5.32 Å². The molecule has 1 aromatic carbocycles. The summed E-state index contributed by atoms with van der Waals surface area (Å²) in [5.74, 6) is 0.556. The zero-order valence-corrected chi connectivity index (χ0v) is 10.3. The van der Waals surface area contributed by atoms with E-state index in [0.717, 1.165) is 12.0 Å². The van der Waals surface area contributed by atoms with Crippen molar-refractivity contribution < 1.29 is 9.53 Å². The number of hydrogen-bond acceptors (Lipinski definition) is 2. The molecule has 17 heavy (non-hydrogen) atoms. The average Bonchev–Trinajstić information content (AvgIpc) is 3.12. The van der Waals surface area contributed by atoms with Gasteiger partial charge >= 0.3 is 0 Å². The van der Waals surface area contributed by atoms with E-state index in [2.05, 4.69) is 31.3 Å². The van der Waals surface area contributed by atoms with E-state index in [1.807, 2.05) is 18.2 Å². The van der Waals surface area contributed by atoms with Gasteiger partial charge in [-0.05, 0) is 17.9 Å². The Kier molecular flexibility index (Phi) is 3.79. The zero-order valence-electron chi connectivity index (χ0n) is 10.3. The van der Waals surface area contributed by atoms with Crippen molar-refractivity contribution in [2.24, 2.45) is 5.92 Å². The molecule has 1 aliphatic heterocycles. The highest BCUT2D eigenvalue weighted by atomic mass is 16.6. The minimum atomic E-state index is -0.214. The number of epoxide rings is 1. The Morgan fingerprint density at radius 3 is 2.59 bits per heavy atom. The van der Waals surface area contributed by atoms with Gasteiger partial charge in [-0.15, -0.1) is 0 Å². The van der Waals surface area contributed by atoms with Crippen LogP contribution in [0.2, 0.25) is 0 Å². The number of amides is 1. The third-order valence-corrected chi connectivity index (χ3v) is 2.85. The highest BCUT2D eigenvalue weighted by molar-refractivity contribution is 5.83. The highest BCUT2D eigenvalue weighted by Crippen LogP contribution is 2.22. The maximum atomic E-state index is 11.7. The summed E-state index contributed by atoms with van der Waals surface area (Å²) in [6.07, 6.45) is 0.732. The lowest BCUT2D eigenvalue weighted by molar-refractivity contribution is -0.123. The molecule has 1 amide bonds. The minimum Gasteiger partial charge on any atom is -0.363 e. The summed E-state index contributed by atoms with van der Waals surface area (Å²) in [5, 5.41) is 3.06. The van der Waals surface area contributed by atoms with Crippen LogP contribution >= 0.6 is 0 Å². The maximum Gasteiger partial charge on any atom is 0.252 e. The van der Waals surface area contributed by atoms with Crippen molar-refractivity contribution in [1.29, 1.82) is 0 Å². The fourth-order valence-corrected chi connectivity index (χ4v) is 1.90. The van der Waals surface area contributed by atoms with Crippen molar-refractivity contribution in [2.45, 2.75) is 32.4 Å². The van der Waals surface area contributed by atoms with Gasteiger partial charge < -0.3 is 10.1 Å². The van der Waals surface area contributed by atoms with E-state index in [4.69, 9.17) is 4.74 Å². The van der Waals surface area contributed by atoms with E-state index in [9.17, 15) is 4.79 Å². The van der Waals surface area contributed by atoms with Crippen molar-refractivity contribution in [2.75, 3.05) is 6.61 Å². The van der Waals surface area contributed by atoms with E-state index in [1.165, 1.54) is 0 Å². The summed E-state index contributed by atoms with van der Waals surface area (Å²) < 4.78 is 5.00. The van der Waals surface area contributed by atoms with E-state index < -0.39 is 0 Å². The standard InChI is InChI=1S/C14H19NO2/c1-10(2)8-12(11-6-4-3-5-7-11)15-14(16)13-9-17-13/h3-7,10,12-13H,8-9H2,1-2H3,(H,15,16)/t12-,13-/m1/s1. The Bertz CT molecular complexity index is 371. The predicted molar refractivity (Wildman–Crippen MR) is 66.5 cm³/mol. The van der Waals surface area contributed by atoms with Gasteiger partial charge in [-0.25, -0.2) is 0 Å². The molecule has 1 fully saturated rings. The molecule has 0 aliphatic carbocycles. The van der Waals surface area contributed by atoms with Crippen LogP contribution in [-0.2, 0) is 9.53 Å². The molecular formula is C14H19NO2. The van der Waals surface area contributed by atoms with Crippen LogP contribution in [0.5, 0.6) is 0 Å². The molecular weight excluding hydrogens is 214 g/mol. The SMILES string of the molecule is CC(C)C[C@@H](NC(=O)[C@H]1CO1)c1ccccc1. The van der Waals surface area contributed by atoms with Crippen molar-refractivity contribution >= 4 is 5.91 Å². The second-order valence-corrected chi connectivity index (χ2v) is 4.92. The normalized spacial score (nSPS) is 20.1. The summed E-state index contributed by atoms with van der Waals surface area (Å²) in [7, 11) is 0. The molecule has 0 spiro atoms. The fourth-order valence-electron chi connectivity index (χ4n) is 1.90. The quantitative estimate of drug-likeness (QED) is 0.793. The Balaban J connectivity index is 2.04. The van der Waals surface area contributed by atoms with Gasteiger partial charge in [0, 0.05) is 0 Å². The molecule has 1 N–H and O–H groups in total. The first kappa shape index (κ1) is 12.1. The van der Waals surface area contributed by atoms with Crippen LogP contribution in [0.4, 0.5) is 0 Å². The summed E-state index contributed by atoms with van der Waals surface area (Å²) in [4.78, 5) is 11.7. The summed E-state index contributed by atoms with van der Waals surface area (Å²) in [6.45, 7) is 4.89. The molecule has 1 heterocycles. The van der Waals surface area contributed by atoms with E-state index in [0.29, 0.717) is 12.5 Å². The Morgan fingerprint density at radius 1 is 1.41 bits per heavy atom. The molecule has 0 aromatic heterocycles. The molecule has 0 unspecified atom stereocenters. The number of rotatable bonds is 5. The van der Waals surface area contributed by atoms with Crippen molar-refractivity contribution in [3.63, 3.8) is 0 Å². The lowest BCUT2D eigenvalue weighted by Gasteiger charge is -2.20. The number of benzene rings is 1. The van der Waals surface area contributed by atoms with Gasteiger partial charge in [-0.1, -0.05) is 44.2 Å². The first-order valence-corrected chi connectivity index (χ1v) is 6.13. The molecule has 3 nitrogen and oxygen atoms in total. The molecule has 0 bridgehead atoms. The van der Waals surface area contributed by atoms with Gasteiger partial charge in [0.2, 0.25) is 0 Å². The number of nitrogens with one attached hydrogen (secondary N) is 1. The molecule has 2 atom stereocenters. The molecule has 0 radical (unpaired) electrons. The van der Waals surface area contributed by atoms with Gasteiger partial charge in [0.25, 0.3) is 5.91 Å². The smallest absolute Gasteiger partial charge is 0.252 e. The van der Waals surface area contributed by atoms with Gasteiger partial charge in [0.1, 0.15) is 0 Å². The lowest BCUT2D eigenvalue weighted by Crippen LogP contribution is -2.32. The Morgan fingerprint density at radius 2 is 2.06 bits per heavy atom. The summed E-state index contributed by atoms with van der Waals surface area (Å²) >= 11 is 0. The zero-order chi connectivity index (χ0) is 12.3. The number of hydrogen-bond donors (Lipinski definition) is 1. The van der Waals surface area contributed by atoms with Gasteiger partial charge in [0.05, 0.1) is 12.6 Å². The van der Waals surface area contributed by atoms with Gasteiger partial charge in [-0.2, -0.15) is 0 Å². The topological polar surface area (TPSA) is 41.6 Å². The Hall–Kier alpha value is -1.35. The van der Waals surface area contributed by atoms with Crippen molar-refractivity contribution in [3.05, 3.63) is 35.9 Å². The van der Waals surface area contributed by atoms with E-state index >= 15 is 0 Å². The van der Waals surface area contributed by atoms with Crippen LogP contribution in [-0.4, -0.2) is 18.6 Å². The summed E-state index contributed by atoms with van der Waals surface area (Å²) in [5.41, 5.74) is 1.16. The monoisotopic (exact) mass is 233 g/mol. The van der Waals surface area contributed by atoms with E-state index in [1.54, 1.807) is 0 Å². The third kappa shape index (κ3) is 3.56. The molecule has 2 rings (SSSR count). The second-order valence-electron chi connectivity index (χ2n) is 4.92. The second kappa shape index (κ2) is 5.32. The molecule has 1 aliphatic rings. The van der Waals surface area contributed by atoms with Crippen LogP contribution in [0.15, 0.2) is 30.3 Å². The molecule has 92 valence electrons. The first-order chi connectivity index (χ1) is 8.16. The highest BCUT2D eigenvalue weighted by Gasteiger charge is 2.32. The third-order valence-electron chi connectivity index (χ3n) is 2.85. The number of carbonyl (C=O) groups is 1. The largest absolute Gasteiger partial charge is 0.363 e. The Labute approximate surface area is 102 Å². The minimum absolute atomic E-state index is 0.0134. The number of ether oxygens (including phenoxy) is 1. The molecule has 1 aromatic rings. The molecule has 3 heteroatoms.